The van der Waals surface area contributed by atoms with Crippen molar-refractivity contribution in [3.8, 4) is 0 Å². The predicted octanol–water partition coefficient (Wildman–Crippen LogP) is -13.7. The minimum Gasteiger partial charge on any atom is -1.00 e. The maximum atomic E-state index is 8.49. The number of rotatable bonds is 0. The van der Waals surface area contributed by atoms with E-state index < -0.39 is 10.2 Å². The van der Waals surface area contributed by atoms with Gasteiger partial charge in [-0.1, -0.05) is 0 Å². The van der Waals surface area contributed by atoms with E-state index >= 15 is 0 Å². The third kappa shape index (κ3) is 79.2. The van der Waals surface area contributed by atoms with Gasteiger partial charge in [0.15, 0.2) is 0 Å². The molecule has 0 atom stereocenters. The van der Waals surface area contributed by atoms with Crippen LogP contribution in [0, 0.1) is 10.2 Å². The third-order valence-corrected chi connectivity index (χ3v) is 0. The number of hydrogen-bond donors (Lipinski definition) is 0. The standard InChI is InChI=1S/ClHO4.ClH.2Na/c2-1(3,4)5;;;/h(H,2,3,4,5);1H;;/q;;2*+1/p-2. The molecule has 4 nitrogen and oxygen atoms in total. The molecule has 0 saturated heterocycles. The summed E-state index contributed by atoms with van der Waals surface area (Å²) in [5.41, 5.74) is 0. The van der Waals surface area contributed by atoms with E-state index in [-0.39, 0.29) is 71.5 Å². The molecule has 0 aromatic rings. The van der Waals surface area contributed by atoms with Crippen LogP contribution < -0.4 is 90.2 Å². The Kier molecular flexibility index (Phi) is 26.4. The van der Waals surface area contributed by atoms with Gasteiger partial charge in [-0.25, -0.2) is 18.6 Å². The summed E-state index contributed by atoms with van der Waals surface area (Å²) in [4.78, 5) is 0. The molecule has 0 aliphatic rings. The van der Waals surface area contributed by atoms with E-state index in [2.05, 4.69) is 0 Å². The molecular formula is Cl2Na2O4. The molecule has 0 fully saturated rings. The van der Waals surface area contributed by atoms with Crippen LogP contribution >= 0.6 is 0 Å². The first-order chi connectivity index (χ1) is 2.00. The molecule has 0 spiro atoms. The van der Waals surface area contributed by atoms with Gasteiger partial charge in [-0.15, -0.1) is 10.2 Å². The Hall–Kier alpha value is 2.42. The summed E-state index contributed by atoms with van der Waals surface area (Å²) in [6.45, 7) is 0. The first kappa shape index (κ1) is 22.4. The largest absolute Gasteiger partial charge is 1.00 e. The Balaban J connectivity index is -0.0000000267. The Morgan fingerprint density at radius 1 is 0.750 bits per heavy atom. The summed E-state index contributed by atoms with van der Waals surface area (Å²) in [5.74, 6) is 0. The van der Waals surface area contributed by atoms with Gasteiger partial charge in [0.2, 0.25) is 0 Å². The molecule has 0 radical (unpaired) electrons. The molecule has 8 heavy (non-hydrogen) atoms. The van der Waals surface area contributed by atoms with E-state index in [1.165, 1.54) is 0 Å². The quantitative estimate of drug-likeness (QED) is 0.347. The topological polar surface area (TPSA) is 92.2 Å². The fourth-order valence-electron chi connectivity index (χ4n) is 0. The fourth-order valence-corrected chi connectivity index (χ4v) is 0. The van der Waals surface area contributed by atoms with Gasteiger partial charge in [-0.2, -0.15) is 0 Å². The van der Waals surface area contributed by atoms with E-state index in [0.717, 1.165) is 0 Å². The van der Waals surface area contributed by atoms with E-state index in [9.17, 15) is 0 Å². The Bertz CT molecular complexity index is 27.5. The maximum absolute atomic E-state index is 8.49. The Morgan fingerprint density at radius 2 is 0.750 bits per heavy atom. The molecule has 0 aromatic heterocycles. The van der Waals surface area contributed by atoms with Crippen molar-refractivity contribution in [1.82, 2.24) is 0 Å². The van der Waals surface area contributed by atoms with Crippen molar-refractivity contribution in [2.75, 3.05) is 0 Å². The molecule has 40 valence electrons. The molecule has 0 heterocycles. The zero-order valence-electron chi connectivity index (χ0n) is 4.39. The summed E-state index contributed by atoms with van der Waals surface area (Å²) in [6.07, 6.45) is 0. The van der Waals surface area contributed by atoms with Crippen LogP contribution in [0.2, 0.25) is 0 Å². The molecule has 0 N–H and O–H groups in total. The summed E-state index contributed by atoms with van der Waals surface area (Å²) in [5, 5.41) is 0. The molecule has 0 saturated carbocycles. The second kappa shape index (κ2) is 9.42. The fraction of sp³-hybridized carbons (Fsp3) is 0. The van der Waals surface area contributed by atoms with Crippen molar-refractivity contribution in [2.45, 2.75) is 0 Å². The molecule has 0 aliphatic carbocycles. The second-order valence-electron chi connectivity index (χ2n) is 0.378. The van der Waals surface area contributed by atoms with E-state index in [0.29, 0.717) is 0 Å². The van der Waals surface area contributed by atoms with Crippen LogP contribution in [-0.4, -0.2) is 0 Å². The van der Waals surface area contributed by atoms with Gasteiger partial charge in [0.1, 0.15) is 0 Å². The summed E-state index contributed by atoms with van der Waals surface area (Å²) in [6, 6.07) is 0. The molecule has 0 rings (SSSR count). The SMILES string of the molecule is [Cl-].[Na+].[Na+].[O-][Cl+3]([O-])([O-])[O-]. The molecule has 0 bridgehead atoms. The van der Waals surface area contributed by atoms with Gasteiger partial charge in [0, 0.05) is 0 Å². The molecule has 0 aromatic carbocycles. The molecule has 0 unspecified atom stereocenters. The summed E-state index contributed by atoms with van der Waals surface area (Å²) < 4.78 is 34.0. The van der Waals surface area contributed by atoms with Crippen LogP contribution in [0.15, 0.2) is 0 Å². The predicted molar refractivity (Wildman–Crippen MR) is 0 cm³/mol. The van der Waals surface area contributed by atoms with E-state index in [1.807, 2.05) is 0 Å². The average Bonchev–Trinajstić information content (AvgIpc) is 0.722. The van der Waals surface area contributed by atoms with Crippen LogP contribution in [0.3, 0.4) is 0 Å². The van der Waals surface area contributed by atoms with Crippen molar-refractivity contribution in [2.24, 2.45) is 0 Å². The van der Waals surface area contributed by atoms with Crippen molar-refractivity contribution < 1.29 is 100 Å². The zero-order valence-corrected chi connectivity index (χ0v) is 9.90. The minimum absolute atomic E-state index is 0. The Labute approximate surface area is 99.0 Å². The van der Waals surface area contributed by atoms with Crippen LogP contribution in [0.1, 0.15) is 0 Å². The third-order valence-electron chi connectivity index (χ3n) is 0. The molecular weight excluding hydrogens is 181 g/mol. The summed E-state index contributed by atoms with van der Waals surface area (Å²) in [7, 11) is -4.94. The van der Waals surface area contributed by atoms with Gasteiger partial charge in [-0.05, 0) is 0 Å². The second-order valence-corrected chi connectivity index (χ2v) is 1.13. The number of hydrogen-bond acceptors (Lipinski definition) is 4. The first-order valence-electron chi connectivity index (χ1n) is 0.617. The zero-order chi connectivity index (χ0) is 4.50. The van der Waals surface area contributed by atoms with E-state index in [1.54, 1.807) is 0 Å². The Morgan fingerprint density at radius 3 is 0.750 bits per heavy atom. The average molecular weight is 181 g/mol. The van der Waals surface area contributed by atoms with Crippen LogP contribution in [0.25, 0.3) is 0 Å². The van der Waals surface area contributed by atoms with Gasteiger partial charge < -0.3 is 12.4 Å². The van der Waals surface area contributed by atoms with Crippen LogP contribution in [0.4, 0.5) is 0 Å². The van der Waals surface area contributed by atoms with Crippen molar-refractivity contribution in [3.05, 3.63) is 0 Å². The summed E-state index contributed by atoms with van der Waals surface area (Å²) >= 11 is 0. The maximum Gasteiger partial charge on any atom is 1.00 e. The van der Waals surface area contributed by atoms with Gasteiger partial charge >= 0.3 is 59.1 Å². The van der Waals surface area contributed by atoms with Crippen molar-refractivity contribution >= 4 is 0 Å². The van der Waals surface area contributed by atoms with Crippen LogP contribution in [0.5, 0.6) is 0 Å². The minimum atomic E-state index is -4.94. The normalized spacial score (nSPS) is 7.50. The van der Waals surface area contributed by atoms with Gasteiger partial charge in [0.25, 0.3) is 0 Å². The molecule has 0 amide bonds. The number of halogens is 2. The van der Waals surface area contributed by atoms with Crippen molar-refractivity contribution in [1.29, 1.82) is 0 Å². The van der Waals surface area contributed by atoms with Gasteiger partial charge in [0.05, 0.1) is 0 Å². The van der Waals surface area contributed by atoms with Gasteiger partial charge in [-0.3, -0.25) is 0 Å². The van der Waals surface area contributed by atoms with E-state index in [4.69, 9.17) is 18.6 Å². The molecule has 0 aliphatic heterocycles. The first-order valence-corrected chi connectivity index (χ1v) is 1.85. The van der Waals surface area contributed by atoms with Crippen molar-refractivity contribution in [3.63, 3.8) is 0 Å². The van der Waals surface area contributed by atoms with Crippen LogP contribution in [-0.2, 0) is 0 Å². The monoisotopic (exact) mass is 180 g/mol. The smallest absolute Gasteiger partial charge is 1.00 e. The molecule has 8 heteroatoms.